The van der Waals surface area contributed by atoms with Gasteiger partial charge in [0.15, 0.2) is 5.82 Å². The third-order valence-corrected chi connectivity index (χ3v) is 6.19. The van der Waals surface area contributed by atoms with Crippen LogP contribution in [0.1, 0.15) is 0 Å². The molecule has 0 saturated heterocycles. The molecule has 3 heteroatoms. The Kier molecular flexibility index (Phi) is 4.86. The quantitative estimate of drug-likeness (QED) is 0.257. The van der Waals surface area contributed by atoms with Crippen molar-refractivity contribution in [2.45, 2.75) is 0 Å². The highest BCUT2D eigenvalue weighted by Gasteiger charge is 2.14. The van der Waals surface area contributed by atoms with Crippen molar-refractivity contribution in [3.63, 3.8) is 0 Å². The predicted molar refractivity (Wildman–Crippen MR) is 138 cm³/mol. The molecule has 0 aliphatic heterocycles. The van der Waals surface area contributed by atoms with Gasteiger partial charge in [-0.3, -0.25) is 0 Å². The van der Waals surface area contributed by atoms with Crippen LogP contribution in [-0.2, 0) is 0 Å². The molecule has 2 nitrogen and oxygen atoms in total. The van der Waals surface area contributed by atoms with E-state index in [-0.39, 0.29) is 0 Å². The number of hydrogen-bond donors (Lipinski definition) is 0. The normalized spacial score (nSPS) is 11.2. The SMILES string of the molecule is Clc1ccc(-c2ccc3ccc4c(-c5ccccc5)nc(-c5ccccc5)nc4c3c2)cc1. The van der Waals surface area contributed by atoms with E-state index in [1.807, 2.05) is 48.5 Å². The molecule has 156 valence electrons. The van der Waals surface area contributed by atoms with E-state index in [4.69, 9.17) is 21.6 Å². The zero-order valence-electron chi connectivity index (χ0n) is 17.7. The molecule has 6 rings (SSSR count). The molecule has 5 aromatic carbocycles. The summed E-state index contributed by atoms with van der Waals surface area (Å²) in [7, 11) is 0. The molecule has 0 spiro atoms. The highest BCUT2D eigenvalue weighted by molar-refractivity contribution is 6.30. The Hall–Kier alpha value is -4.01. The minimum Gasteiger partial charge on any atom is -0.227 e. The molecule has 0 aliphatic rings. The fraction of sp³-hybridized carbons (Fsp3) is 0. The average Bonchev–Trinajstić information content (AvgIpc) is 2.89. The summed E-state index contributed by atoms with van der Waals surface area (Å²) in [6.07, 6.45) is 0. The Balaban J connectivity index is 1.67. The fourth-order valence-electron chi connectivity index (χ4n) is 4.27. The van der Waals surface area contributed by atoms with E-state index in [1.165, 1.54) is 0 Å². The maximum atomic E-state index is 6.11. The van der Waals surface area contributed by atoms with Crippen molar-refractivity contribution in [3.05, 3.63) is 120 Å². The molecule has 0 fully saturated rings. The Morgan fingerprint density at radius 3 is 1.85 bits per heavy atom. The summed E-state index contributed by atoms with van der Waals surface area (Å²) in [5.74, 6) is 0.728. The first-order valence-corrected chi connectivity index (χ1v) is 11.3. The van der Waals surface area contributed by atoms with Gasteiger partial charge >= 0.3 is 0 Å². The van der Waals surface area contributed by atoms with Crippen molar-refractivity contribution < 1.29 is 0 Å². The van der Waals surface area contributed by atoms with E-state index in [9.17, 15) is 0 Å². The summed E-state index contributed by atoms with van der Waals surface area (Å²) in [5.41, 5.74) is 6.23. The van der Waals surface area contributed by atoms with Gasteiger partial charge < -0.3 is 0 Å². The number of rotatable bonds is 3. The van der Waals surface area contributed by atoms with Crippen LogP contribution in [-0.4, -0.2) is 9.97 Å². The molecule has 0 saturated carbocycles. The largest absolute Gasteiger partial charge is 0.227 e. The van der Waals surface area contributed by atoms with Gasteiger partial charge in [0.05, 0.1) is 11.2 Å². The summed E-state index contributed by atoms with van der Waals surface area (Å²) in [6.45, 7) is 0. The molecule has 0 N–H and O–H groups in total. The number of fused-ring (bicyclic) bond motifs is 3. The highest BCUT2D eigenvalue weighted by atomic mass is 35.5. The molecular formula is C30H19ClN2. The van der Waals surface area contributed by atoms with E-state index in [1.54, 1.807) is 0 Å². The van der Waals surface area contributed by atoms with Crippen molar-refractivity contribution >= 4 is 33.3 Å². The summed E-state index contributed by atoms with van der Waals surface area (Å²) in [5, 5.41) is 4.04. The molecule has 0 aliphatic carbocycles. The minimum atomic E-state index is 0.728. The average molecular weight is 443 g/mol. The van der Waals surface area contributed by atoms with E-state index < -0.39 is 0 Å². The maximum Gasteiger partial charge on any atom is 0.160 e. The second kappa shape index (κ2) is 8.16. The van der Waals surface area contributed by atoms with Gasteiger partial charge in [0.1, 0.15) is 0 Å². The van der Waals surface area contributed by atoms with Crippen molar-refractivity contribution in [3.8, 4) is 33.8 Å². The van der Waals surface area contributed by atoms with Crippen LogP contribution >= 0.6 is 11.6 Å². The first-order valence-electron chi connectivity index (χ1n) is 10.9. The Morgan fingerprint density at radius 2 is 1.12 bits per heavy atom. The smallest absolute Gasteiger partial charge is 0.160 e. The topological polar surface area (TPSA) is 25.8 Å². The Labute approximate surface area is 197 Å². The number of hydrogen-bond acceptors (Lipinski definition) is 2. The van der Waals surface area contributed by atoms with Crippen LogP contribution in [0.25, 0.3) is 55.4 Å². The lowest BCUT2D eigenvalue weighted by Crippen LogP contribution is -1.96. The van der Waals surface area contributed by atoms with Gasteiger partial charge in [0, 0.05) is 26.9 Å². The van der Waals surface area contributed by atoms with Gasteiger partial charge in [-0.15, -0.1) is 0 Å². The van der Waals surface area contributed by atoms with Crippen LogP contribution < -0.4 is 0 Å². The van der Waals surface area contributed by atoms with Gasteiger partial charge in [0.25, 0.3) is 0 Å². The predicted octanol–water partition coefficient (Wildman–Crippen LogP) is 8.44. The molecule has 0 amide bonds. The van der Waals surface area contributed by atoms with Crippen LogP contribution in [0.15, 0.2) is 115 Å². The zero-order valence-corrected chi connectivity index (χ0v) is 18.5. The van der Waals surface area contributed by atoms with E-state index in [2.05, 4.69) is 66.7 Å². The Morgan fingerprint density at radius 1 is 0.485 bits per heavy atom. The molecular weight excluding hydrogens is 424 g/mol. The van der Waals surface area contributed by atoms with Crippen LogP contribution in [0.4, 0.5) is 0 Å². The second-order valence-electron chi connectivity index (χ2n) is 8.03. The van der Waals surface area contributed by atoms with Crippen LogP contribution in [0.3, 0.4) is 0 Å². The lowest BCUT2D eigenvalue weighted by atomic mass is 9.97. The molecule has 0 bridgehead atoms. The van der Waals surface area contributed by atoms with Crippen LogP contribution in [0.5, 0.6) is 0 Å². The van der Waals surface area contributed by atoms with Gasteiger partial charge in [-0.25, -0.2) is 9.97 Å². The lowest BCUT2D eigenvalue weighted by Gasteiger charge is -2.12. The van der Waals surface area contributed by atoms with Crippen molar-refractivity contribution in [2.24, 2.45) is 0 Å². The molecule has 0 radical (unpaired) electrons. The lowest BCUT2D eigenvalue weighted by molar-refractivity contribution is 1.23. The monoisotopic (exact) mass is 442 g/mol. The molecule has 1 heterocycles. The minimum absolute atomic E-state index is 0.728. The molecule has 6 aromatic rings. The van der Waals surface area contributed by atoms with Crippen LogP contribution in [0, 0.1) is 0 Å². The highest BCUT2D eigenvalue weighted by Crippen LogP contribution is 2.35. The van der Waals surface area contributed by atoms with Gasteiger partial charge in [0.2, 0.25) is 0 Å². The van der Waals surface area contributed by atoms with Gasteiger partial charge in [-0.2, -0.15) is 0 Å². The molecule has 0 unspecified atom stereocenters. The Bertz CT molecular complexity index is 1590. The molecule has 0 atom stereocenters. The molecule has 33 heavy (non-hydrogen) atoms. The van der Waals surface area contributed by atoms with E-state index >= 15 is 0 Å². The van der Waals surface area contributed by atoms with Crippen molar-refractivity contribution in [1.29, 1.82) is 0 Å². The number of benzene rings is 5. The van der Waals surface area contributed by atoms with Gasteiger partial charge in [-0.1, -0.05) is 103 Å². The van der Waals surface area contributed by atoms with Crippen LogP contribution in [0.2, 0.25) is 5.02 Å². The molecule has 1 aromatic heterocycles. The third kappa shape index (κ3) is 3.65. The first kappa shape index (κ1) is 19.7. The third-order valence-electron chi connectivity index (χ3n) is 5.94. The second-order valence-corrected chi connectivity index (χ2v) is 8.47. The van der Waals surface area contributed by atoms with Crippen molar-refractivity contribution in [1.82, 2.24) is 9.97 Å². The maximum absolute atomic E-state index is 6.11. The number of aromatic nitrogens is 2. The van der Waals surface area contributed by atoms with E-state index in [0.29, 0.717) is 0 Å². The standard InChI is InChI=1S/C30H19ClN2/c31-25-16-13-20(14-17-25)24-12-11-21-15-18-26-28(22-7-3-1-4-8-22)32-30(23-9-5-2-6-10-23)33-29(26)27(21)19-24/h1-19H. The van der Waals surface area contributed by atoms with Crippen molar-refractivity contribution in [2.75, 3.05) is 0 Å². The fourth-order valence-corrected chi connectivity index (χ4v) is 4.39. The summed E-state index contributed by atoms with van der Waals surface area (Å²) in [6, 6.07) is 39.3. The van der Waals surface area contributed by atoms with E-state index in [0.717, 1.165) is 60.5 Å². The first-order chi connectivity index (χ1) is 16.3. The number of nitrogens with zero attached hydrogens (tertiary/aromatic N) is 2. The summed E-state index contributed by atoms with van der Waals surface area (Å²) >= 11 is 6.11. The summed E-state index contributed by atoms with van der Waals surface area (Å²) in [4.78, 5) is 10.1. The number of halogens is 1. The summed E-state index contributed by atoms with van der Waals surface area (Å²) < 4.78 is 0. The zero-order chi connectivity index (χ0) is 22.2. The van der Waals surface area contributed by atoms with Gasteiger partial charge in [-0.05, 0) is 40.8 Å².